The fourth-order valence-corrected chi connectivity index (χ4v) is 3.64. The first kappa shape index (κ1) is 13.6. The molecule has 1 saturated heterocycles. The van der Waals surface area contributed by atoms with Crippen molar-refractivity contribution in [3.05, 3.63) is 0 Å². The van der Waals surface area contributed by atoms with Crippen molar-refractivity contribution in [2.45, 2.75) is 33.6 Å². The van der Waals surface area contributed by atoms with Crippen LogP contribution in [0.25, 0.3) is 0 Å². The predicted octanol–water partition coefficient (Wildman–Crippen LogP) is 1.27. The molecular weight excluding hydrogens is 226 g/mol. The molecule has 0 radical (unpaired) electrons. The molecule has 1 aliphatic heterocycles. The predicted molar refractivity (Wildman–Crippen MR) is 63.6 cm³/mol. The Labute approximate surface area is 98.1 Å². The largest absolute Gasteiger partial charge is 0.300 e. The molecule has 1 heterocycles. The van der Waals surface area contributed by atoms with Crippen LogP contribution in [0.4, 0.5) is 0 Å². The number of hydrogen-bond acceptors (Lipinski definition) is 3. The number of hydrogen-bond donors (Lipinski definition) is 0. The molecule has 16 heavy (non-hydrogen) atoms. The Morgan fingerprint density at radius 2 is 2.06 bits per heavy atom. The third kappa shape index (κ3) is 3.56. The van der Waals surface area contributed by atoms with Crippen LogP contribution in [0.15, 0.2) is 0 Å². The number of nitrogens with zero attached hydrogens (tertiary/aromatic N) is 1. The molecule has 4 nitrogen and oxygen atoms in total. The molecule has 0 spiro atoms. The van der Waals surface area contributed by atoms with E-state index in [-0.39, 0.29) is 17.5 Å². The molecule has 5 heteroatoms. The quantitative estimate of drug-likeness (QED) is 0.735. The zero-order chi connectivity index (χ0) is 12.3. The summed E-state index contributed by atoms with van der Waals surface area (Å²) < 4.78 is 25.3. The molecule has 0 aromatic heterocycles. The standard InChI is InChI=1S/C11H21NO3S/c1-9(2)5-7-16(14,15)12-6-4-11(8-12)10(3)13/h9,11H,4-8H2,1-3H3. The lowest BCUT2D eigenvalue weighted by Crippen LogP contribution is -2.32. The maximum atomic E-state index is 11.9. The zero-order valence-corrected chi connectivity index (χ0v) is 11.1. The maximum Gasteiger partial charge on any atom is 0.214 e. The molecule has 0 saturated carbocycles. The molecule has 0 aromatic rings. The minimum atomic E-state index is -3.14. The summed E-state index contributed by atoms with van der Waals surface area (Å²) >= 11 is 0. The highest BCUT2D eigenvalue weighted by Crippen LogP contribution is 2.21. The third-order valence-corrected chi connectivity index (χ3v) is 4.94. The molecule has 1 unspecified atom stereocenters. The summed E-state index contributed by atoms with van der Waals surface area (Å²) in [4.78, 5) is 11.2. The average Bonchev–Trinajstić information content (AvgIpc) is 2.64. The topological polar surface area (TPSA) is 54.5 Å². The van der Waals surface area contributed by atoms with Gasteiger partial charge in [-0.2, -0.15) is 0 Å². The van der Waals surface area contributed by atoms with Gasteiger partial charge in [-0.1, -0.05) is 13.8 Å². The average molecular weight is 247 g/mol. The summed E-state index contributed by atoms with van der Waals surface area (Å²) in [6.45, 7) is 6.45. The summed E-state index contributed by atoms with van der Waals surface area (Å²) in [6, 6.07) is 0. The van der Waals surface area contributed by atoms with Crippen molar-refractivity contribution >= 4 is 15.8 Å². The van der Waals surface area contributed by atoms with Gasteiger partial charge in [0.2, 0.25) is 10.0 Å². The fourth-order valence-electron chi connectivity index (χ4n) is 1.83. The Morgan fingerprint density at radius 1 is 1.44 bits per heavy atom. The normalized spacial score (nSPS) is 22.9. The Hall–Kier alpha value is -0.420. The number of ketones is 1. The van der Waals surface area contributed by atoms with Gasteiger partial charge in [0.15, 0.2) is 0 Å². The van der Waals surface area contributed by atoms with Crippen LogP contribution in [0.2, 0.25) is 0 Å². The van der Waals surface area contributed by atoms with Crippen LogP contribution >= 0.6 is 0 Å². The highest BCUT2D eigenvalue weighted by atomic mass is 32.2. The molecule has 0 bridgehead atoms. The van der Waals surface area contributed by atoms with Crippen molar-refractivity contribution in [1.82, 2.24) is 4.31 Å². The highest BCUT2D eigenvalue weighted by Gasteiger charge is 2.32. The second-order valence-electron chi connectivity index (χ2n) is 4.95. The highest BCUT2D eigenvalue weighted by molar-refractivity contribution is 7.89. The van der Waals surface area contributed by atoms with Crippen molar-refractivity contribution in [3.8, 4) is 0 Å². The van der Waals surface area contributed by atoms with Gasteiger partial charge in [-0.25, -0.2) is 12.7 Å². The summed E-state index contributed by atoms with van der Waals surface area (Å²) in [6.07, 6.45) is 1.36. The molecule has 1 fully saturated rings. The summed E-state index contributed by atoms with van der Waals surface area (Å²) in [5, 5.41) is 0. The molecule has 0 N–H and O–H groups in total. The smallest absolute Gasteiger partial charge is 0.214 e. The Morgan fingerprint density at radius 3 is 2.50 bits per heavy atom. The van der Waals surface area contributed by atoms with Crippen molar-refractivity contribution < 1.29 is 13.2 Å². The lowest BCUT2D eigenvalue weighted by Gasteiger charge is -2.16. The SMILES string of the molecule is CC(=O)C1CCN(S(=O)(=O)CCC(C)C)C1. The van der Waals surface area contributed by atoms with Crippen molar-refractivity contribution in [1.29, 1.82) is 0 Å². The molecular formula is C11H21NO3S. The Balaban J connectivity index is 2.55. The molecule has 0 amide bonds. The first-order chi connectivity index (χ1) is 7.33. The van der Waals surface area contributed by atoms with Crippen LogP contribution in [0, 0.1) is 11.8 Å². The van der Waals surface area contributed by atoms with Gasteiger partial charge in [0, 0.05) is 19.0 Å². The monoisotopic (exact) mass is 247 g/mol. The summed E-state index contributed by atoms with van der Waals surface area (Å²) in [5.41, 5.74) is 0. The number of rotatable bonds is 5. The van der Waals surface area contributed by atoms with Gasteiger partial charge in [-0.05, 0) is 25.7 Å². The van der Waals surface area contributed by atoms with E-state index in [4.69, 9.17) is 0 Å². The summed E-state index contributed by atoms with van der Waals surface area (Å²) in [7, 11) is -3.14. The van der Waals surface area contributed by atoms with E-state index >= 15 is 0 Å². The van der Waals surface area contributed by atoms with Crippen LogP contribution in [0.1, 0.15) is 33.6 Å². The minimum absolute atomic E-state index is 0.0891. The van der Waals surface area contributed by atoms with E-state index in [0.29, 0.717) is 31.8 Å². The van der Waals surface area contributed by atoms with Gasteiger partial charge < -0.3 is 0 Å². The lowest BCUT2D eigenvalue weighted by molar-refractivity contribution is -0.120. The Bertz CT molecular complexity index is 348. The van der Waals surface area contributed by atoms with E-state index in [1.54, 1.807) is 0 Å². The molecule has 94 valence electrons. The number of Topliss-reactive ketones (excluding diaryl/α,β-unsaturated/α-hetero) is 1. The second kappa shape index (κ2) is 5.27. The van der Waals surface area contributed by atoms with E-state index in [0.717, 1.165) is 0 Å². The Kier molecular flexibility index (Phi) is 4.50. The zero-order valence-electron chi connectivity index (χ0n) is 10.3. The van der Waals surface area contributed by atoms with Crippen LogP contribution in [0.3, 0.4) is 0 Å². The van der Waals surface area contributed by atoms with Gasteiger partial charge in [0.25, 0.3) is 0 Å². The maximum absolute atomic E-state index is 11.9. The molecule has 1 aliphatic rings. The minimum Gasteiger partial charge on any atom is -0.300 e. The van der Waals surface area contributed by atoms with Gasteiger partial charge in [-0.15, -0.1) is 0 Å². The first-order valence-electron chi connectivity index (χ1n) is 5.81. The second-order valence-corrected chi connectivity index (χ2v) is 7.04. The van der Waals surface area contributed by atoms with E-state index in [1.807, 2.05) is 13.8 Å². The van der Waals surface area contributed by atoms with E-state index < -0.39 is 10.0 Å². The number of sulfonamides is 1. The first-order valence-corrected chi connectivity index (χ1v) is 7.42. The number of carbonyl (C=O) groups excluding carboxylic acids is 1. The van der Waals surface area contributed by atoms with Crippen LogP contribution in [-0.2, 0) is 14.8 Å². The third-order valence-electron chi connectivity index (χ3n) is 3.07. The van der Waals surface area contributed by atoms with Crippen LogP contribution < -0.4 is 0 Å². The van der Waals surface area contributed by atoms with Crippen LogP contribution in [-0.4, -0.2) is 37.3 Å². The van der Waals surface area contributed by atoms with Crippen molar-refractivity contribution in [2.75, 3.05) is 18.8 Å². The van der Waals surface area contributed by atoms with Crippen molar-refractivity contribution in [2.24, 2.45) is 11.8 Å². The molecule has 0 aliphatic carbocycles. The van der Waals surface area contributed by atoms with Gasteiger partial charge in [0.05, 0.1) is 5.75 Å². The molecule has 1 rings (SSSR count). The van der Waals surface area contributed by atoms with Crippen LogP contribution in [0.5, 0.6) is 0 Å². The molecule has 1 atom stereocenters. The lowest BCUT2D eigenvalue weighted by atomic mass is 10.1. The van der Waals surface area contributed by atoms with Crippen molar-refractivity contribution in [3.63, 3.8) is 0 Å². The number of carbonyl (C=O) groups is 1. The van der Waals surface area contributed by atoms with E-state index in [1.165, 1.54) is 11.2 Å². The van der Waals surface area contributed by atoms with Gasteiger partial charge >= 0.3 is 0 Å². The van der Waals surface area contributed by atoms with Gasteiger partial charge in [-0.3, -0.25) is 4.79 Å². The summed E-state index contributed by atoms with van der Waals surface area (Å²) in [5.74, 6) is 0.603. The molecule has 0 aromatic carbocycles. The fraction of sp³-hybridized carbons (Fsp3) is 0.909. The van der Waals surface area contributed by atoms with Gasteiger partial charge in [0.1, 0.15) is 5.78 Å². The van der Waals surface area contributed by atoms with E-state index in [9.17, 15) is 13.2 Å². The van der Waals surface area contributed by atoms with E-state index in [2.05, 4.69) is 0 Å².